The van der Waals surface area contributed by atoms with Crippen molar-refractivity contribution in [1.82, 2.24) is 0 Å². The molecule has 1 aromatic carbocycles. The van der Waals surface area contributed by atoms with Crippen LogP contribution in [0, 0.1) is 5.41 Å². The molecule has 1 fully saturated rings. The molecule has 0 amide bonds. The summed E-state index contributed by atoms with van der Waals surface area (Å²) in [5.74, 6) is 0. The molecule has 0 spiro atoms. The first-order chi connectivity index (χ1) is 6.49. The van der Waals surface area contributed by atoms with Crippen LogP contribution in [-0.4, -0.2) is 6.04 Å². The largest absolute Gasteiger partial charge is 0.399 e. The molecule has 1 aliphatic carbocycles. The lowest BCUT2D eigenvalue weighted by molar-refractivity contribution is 0.630. The summed E-state index contributed by atoms with van der Waals surface area (Å²) in [7, 11) is 0. The highest BCUT2D eigenvalue weighted by atomic mass is 79.9. The highest BCUT2D eigenvalue weighted by molar-refractivity contribution is 9.10. The predicted molar refractivity (Wildman–Crippen MR) is 64.4 cm³/mol. The number of hydrogen-bond acceptors (Lipinski definition) is 2. The Morgan fingerprint density at radius 3 is 2.64 bits per heavy atom. The summed E-state index contributed by atoms with van der Waals surface area (Å²) in [5, 5.41) is 3.50. The van der Waals surface area contributed by atoms with Crippen LogP contribution >= 0.6 is 15.9 Å². The van der Waals surface area contributed by atoms with Gasteiger partial charge in [-0.15, -0.1) is 0 Å². The molecule has 3 N–H and O–H groups in total. The van der Waals surface area contributed by atoms with E-state index in [1.165, 1.54) is 6.42 Å². The van der Waals surface area contributed by atoms with E-state index in [1.54, 1.807) is 0 Å². The number of halogens is 1. The second-order valence-electron chi connectivity index (χ2n) is 4.63. The number of nitrogens with two attached hydrogens (primary N) is 1. The molecule has 1 atom stereocenters. The number of nitrogens with one attached hydrogen (secondary N) is 1. The minimum atomic E-state index is 0.445. The van der Waals surface area contributed by atoms with Crippen molar-refractivity contribution in [2.75, 3.05) is 11.1 Å². The van der Waals surface area contributed by atoms with Gasteiger partial charge in [0.25, 0.3) is 0 Å². The van der Waals surface area contributed by atoms with Gasteiger partial charge in [0.1, 0.15) is 0 Å². The summed E-state index contributed by atoms with van der Waals surface area (Å²) in [4.78, 5) is 0. The summed E-state index contributed by atoms with van der Waals surface area (Å²) in [6.45, 7) is 4.55. The van der Waals surface area contributed by atoms with E-state index in [0.717, 1.165) is 15.8 Å². The minimum Gasteiger partial charge on any atom is -0.399 e. The Balaban J connectivity index is 2.11. The smallest absolute Gasteiger partial charge is 0.0488 e. The molecule has 1 unspecified atom stereocenters. The Bertz CT molecular complexity index is 360. The van der Waals surface area contributed by atoms with Gasteiger partial charge < -0.3 is 11.1 Å². The Morgan fingerprint density at radius 2 is 2.14 bits per heavy atom. The van der Waals surface area contributed by atoms with E-state index in [2.05, 4.69) is 35.1 Å². The minimum absolute atomic E-state index is 0.445. The number of anilines is 2. The molecular weight excluding hydrogens is 240 g/mol. The molecule has 14 heavy (non-hydrogen) atoms. The third-order valence-electron chi connectivity index (χ3n) is 2.84. The van der Waals surface area contributed by atoms with E-state index in [4.69, 9.17) is 5.73 Å². The molecule has 0 saturated heterocycles. The Labute approximate surface area is 93.0 Å². The maximum absolute atomic E-state index is 5.67. The van der Waals surface area contributed by atoms with Crippen molar-refractivity contribution >= 4 is 27.3 Å². The van der Waals surface area contributed by atoms with Crippen molar-refractivity contribution in [3.63, 3.8) is 0 Å². The second-order valence-corrected chi connectivity index (χ2v) is 5.48. The molecule has 0 heterocycles. The highest BCUT2D eigenvalue weighted by Gasteiger charge is 2.45. The van der Waals surface area contributed by atoms with Gasteiger partial charge in [-0.2, -0.15) is 0 Å². The monoisotopic (exact) mass is 254 g/mol. The van der Waals surface area contributed by atoms with E-state index < -0.39 is 0 Å². The first-order valence-corrected chi connectivity index (χ1v) is 5.60. The molecule has 1 aliphatic rings. The van der Waals surface area contributed by atoms with Crippen LogP contribution in [0.1, 0.15) is 20.3 Å². The number of rotatable bonds is 2. The van der Waals surface area contributed by atoms with Crippen molar-refractivity contribution in [3.8, 4) is 0 Å². The van der Waals surface area contributed by atoms with Crippen LogP contribution in [-0.2, 0) is 0 Å². The molecule has 2 rings (SSSR count). The zero-order valence-electron chi connectivity index (χ0n) is 8.47. The van der Waals surface area contributed by atoms with Crippen LogP contribution in [0.5, 0.6) is 0 Å². The SMILES string of the molecule is CC1(C)CC1Nc1ccc(N)cc1Br. The predicted octanol–water partition coefficient (Wildman–Crippen LogP) is 3.24. The fourth-order valence-corrected chi connectivity index (χ4v) is 2.06. The average molecular weight is 255 g/mol. The molecule has 0 aliphatic heterocycles. The van der Waals surface area contributed by atoms with Crippen LogP contribution in [0.25, 0.3) is 0 Å². The summed E-state index contributed by atoms with van der Waals surface area (Å²) in [6.07, 6.45) is 1.24. The van der Waals surface area contributed by atoms with Crippen LogP contribution in [0.4, 0.5) is 11.4 Å². The van der Waals surface area contributed by atoms with Gasteiger partial charge in [0.2, 0.25) is 0 Å². The van der Waals surface area contributed by atoms with E-state index in [-0.39, 0.29) is 0 Å². The first kappa shape index (κ1) is 9.84. The van der Waals surface area contributed by atoms with Crippen LogP contribution < -0.4 is 11.1 Å². The molecule has 76 valence electrons. The highest BCUT2D eigenvalue weighted by Crippen LogP contribution is 2.47. The van der Waals surface area contributed by atoms with Crippen molar-refractivity contribution in [3.05, 3.63) is 22.7 Å². The quantitative estimate of drug-likeness (QED) is 0.796. The summed E-state index contributed by atoms with van der Waals surface area (Å²) in [5.41, 5.74) is 8.04. The van der Waals surface area contributed by atoms with Gasteiger partial charge >= 0.3 is 0 Å². The van der Waals surface area contributed by atoms with E-state index in [9.17, 15) is 0 Å². The van der Waals surface area contributed by atoms with Crippen molar-refractivity contribution < 1.29 is 0 Å². The number of hydrogen-bond donors (Lipinski definition) is 2. The van der Waals surface area contributed by atoms with E-state index in [0.29, 0.717) is 11.5 Å². The third kappa shape index (κ3) is 1.87. The molecule has 0 radical (unpaired) electrons. The summed E-state index contributed by atoms with van der Waals surface area (Å²) >= 11 is 3.50. The maximum Gasteiger partial charge on any atom is 0.0488 e. The first-order valence-electron chi connectivity index (χ1n) is 4.80. The van der Waals surface area contributed by atoms with Gasteiger partial charge in [0.05, 0.1) is 0 Å². The molecule has 1 aromatic rings. The second kappa shape index (κ2) is 3.16. The zero-order valence-corrected chi connectivity index (χ0v) is 10.1. The topological polar surface area (TPSA) is 38.0 Å². The Hall–Kier alpha value is -0.700. The molecule has 2 nitrogen and oxygen atoms in total. The van der Waals surface area contributed by atoms with Crippen molar-refractivity contribution in [2.24, 2.45) is 5.41 Å². The van der Waals surface area contributed by atoms with E-state index >= 15 is 0 Å². The Morgan fingerprint density at radius 1 is 1.50 bits per heavy atom. The van der Waals surface area contributed by atoms with Crippen LogP contribution in [0.15, 0.2) is 22.7 Å². The van der Waals surface area contributed by atoms with E-state index in [1.807, 2.05) is 18.2 Å². The van der Waals surface area contributed by atoms with Crippen molar-refractivity contribution in [2.45, 2.75) is 26.3 Å². The number of benzene rings is 1. The lowest BCUT2D eigenvalue weighted by Crippen LogP contribution is -2.08. The molecule has 1 saturated carbocycles. The Kier molecular flexibility index (Phi) is 2.22. The average Bonchev–Trinajstić information content (AvgIpc) is 2.65. The fraction of sp³-hybridized carbons (Fsp3) is 0.455. The fourth-order valence-electron chi connectivity index (χ4n) is 1.55. The van der Waals surface area contributed by atoms with Gasteiger partial charge in [0.15, 0.2) is 0 Å². The van der Waals surface area contributed by atoms with Gasteiger partial charge in [-0.25, -0.2) is 0 Å². The summed E-state index contributed by atoms with van der Waals surface area (Å²) in [6, 6.07) is 6.47. The molecule has 0 aromatic heterocycles. The number of nitrogen functional groups attached to an aromatic ring is 1. The lowest BCUT2D eigenvalue weighted by atomic mass is 10.2. The normalized spacial score (nSPS) is 23.2. The van der Waals surface area contributed by atoms with Gasteiger partial charge in [-0.1, -0.05) is 13.8 Å². The third-order valence-corrected chi connectivity index (χ3v) is 3.49. The zero-order chi connectivity index (χ0) is 10.3. The maximum atomic E-state index is 5.67. The molecule has 0 bridgehead atoms. The van der Waals surface area contributed by atoms with Gasteiger partial charge in [-0.05, 0) is 46.0 Å². The van der Waals surface area contributed by atoms with Crippen molar-refractivity contribution in [1.29, 1.82) is 0 Å². The van der Waals surface area contributed by atoms with Crippen LogP contribution in [0.3, 0.4) is 0 Å². The standard InChI is InChI=1S/C11H15BrN2/c1-11(2)6-10(11)14-9-4-3-7(13)5-8(9)12/h3-5,10,14H,6,13H2,1-2H3. The van der Waals surface area contributed by atoms with Crippen LogP contribution in [0.2, 0.25) is 0 Å². The summed E-state index contributed by atoms with van der Waals surface area (Å²) < 4.78 is 1.04. The molecule has 3 heteroatoms. The van der Waals surface area contributed by atoms with Gasteiger partial charge in [-0.3, -0.25) is 0 Å². The lowest BCUT2D eigenvalue weighted by Gasteiger charge is -2.10. The molecular formula is C11H15BrN2. The van der Waals surface area contributed by atoms with Gasteiger partial charge in [0, 0.05) is 21.9 Å².